The monoisotopic (exact) mass is 156 g/mol. The van der Waals surface area contributed by atoms with Gasteiger partial charge >= 0.3 is 0 Å². The van der Waals surface area contributed by atoms with Gasteiger partial charge in [0.05, 0.1) is 0 Å². The summed E-state index contributed by atoms with van der Waals surface area (Å²) in [6.45, 7) is 3.21. The molecule has 0 aromatic rings. The Balaban J connectivity index is 3.80. The van der Waals surface area contributed by atoms with Crippen molar-refractivity contribution in [3.05, 3.63) is 18.4 Å². The van der Waals surface area contributed by atoms with Crippen molar-refractivity contribution in [2.24, 2.45) is 0 Å². The van der Waals surface area contributed by atoms with Crippen molar-refractivity contribution < 1.29 is 0 Å². The van der Waals surface area contributed by atoms with Gasteiger partial charge in [-0.15, -0.1) is 5.73 Å². The number of alkyl halides is 3. The maximum Gasteiger partial charge on any atom is 0.216 e. The van der Waals surface area contributed by atoms with Gasteiger partial charge in [0.2, 0.25) is 3.79 Å². The fourth-order valence-electron chi connectivity index (χ4n) is 0.116. The van der Waals surface area contributed by atoms with Crippen molar-refractivity contribution in [2.45, 2.75) is 3.79 Å². The molecule has 0 aliphatic heterocycles. The third-order valence-electron chi connectivity index (χ3n) is 0.266. The minimum Gasteiger partial charge on any atom is -0.129 e. The van der Waals surface area contributed by atoms with Gasteiger partial charge in [-0.25, -0.2) is 0 Å². The summed E-state index contributed by atoms with van der Waals surface area (Å²) < 4.78 is -1.33. The molecule has 40 valence electrons. The van der Waals surface area contributed by atoms with Gasteiger partial charge in [-0.1, -0.05) is 41.4 Å². The summed E-state index contributed by atoms with van der Waals surface area (Å²) in [6.07, 6.45) is 1.25. The Bertz CT molecular complexity index is 94.0. The molecular weight excluding hydrogens is 154 g/mol. The molecule has 0 atom stereocenters. The molecule has 0 fully saturated rings. The zero-order chi connectivity index (χ0) is 5.91. The van der Waals surface area contributed by atoms with Gasteiger partial charge < -0.3 is 0 Å². The maximum atomic E-state index is 5.21. The van der Waals surface area contributed by atoms with E-state index in [1.54, 1.807) is 0 Å². The molecule has 0 radical (unpaired) electrons. The lowest BCUT2D eigenvalue weighted by Gasteiger charge is -1.97. The van der Waals surface area contributed by atoms with E-state index in [0.717, 1.165) is 0 Å². The van der Waals surface area contributed by atoms with Crippen molar-refractivity contribution in [1.82, 2.24) is 0 Å². The van der Waals surface area contributed by atoms with Gasteiger partial charge in [-0.05, 0) is 0 Å². The highest BCUT2D eigenvalue weighted by molar-refractivity contribution is 6.68. The van der Waals surface area contributed by atoms with Crippen LogP contribution in [0.3, 0.4) is 0 Å². The predicted octanol–water partition coefficient (Wildman–Crippen LogP) is 2.70. The Hall–Kier alpha value is 0.390. The normalized spacial score (nSPS) is 10.1. The Morgan fingerprint density at radius 3 is 1.86 bits per heavy atom. The molecule has 0 rings (SSSR count). The summed E-state index contributed by atoms with van der Waals surface area (Å²) in [4.78, 5) is 0. The van der Waals surface area contributed by atoms with E-state index in [4.69, 9.17) is 34.8 Å². The Morgan fingerprint density at radius 2 is 1.86 bits per heavy atom. The lowest BCUT2D eigenvalue weighted by atomic mass is 10.7. The van der Waals surface area contributed by atoms with Crippen LogP contribution in [0.1, 0.15) is 0 Å². The minimum absolute atomic E-state index is 1.25. The third kappa shape index (κ3) is 6.39. The predicted molar refractivity (Wildman–Crippen MR) is 34.0 cm³/mol. The highest BCUT2D eigenvalue weighted by Crippen LogP contribution is 2.26. The first kappa shape index (κ1) is 7.39. The Labute approximate surface area is 57.4 Å². The first-order valence-electron chi connectivity index (χ1n) is 1.50. The van der Waals surface area contributed by atoms with E-state index >= 15 is 0 Å². The summed E-state index contributed by atoms with van der Waals surface area (Å²) in [5.74, 6) is 0. The summed E-state index contributed by atoms with van der Waals surface area (Å²) in [7, 11) is 0. The summed E-state index contributed by atoms with van der Waals surface area (Å²) >= 11 is 15.6. The maximum absolute atomic E-state index is 5.21. The van der Waals surface area contributed by atoms with Crippen molar-refractivity contribution in [3.63, 3.8) is 0 Å². The van der Waals surface area contributed by atoms with Gasteiger partial charge in [0.15, 0.2) is 0 Å². The van der Waals surface area contributed by atoms with Gasteiger partial charge in [0.1, 0.15) is 0 Å². The molecule has 0 saturated heterocycles. The lowest BCUT2D eigenvalue weighted by Crippen LogP contribution is -1.91. The fourth-order valence-corrected chi connectivity index (χ4v) is 0.347. The van der Waals surface area contributed by atoms with E-state index in [2.05, 4.69) is 12.3 Å². The molecule has 0 N–H and O–H groups in total. The van der Waals surface area contributed by atoms with E-state index < -0.39 is 3.79 Å². The topological polar surface area (TPSA) is 0 Å². The van der Waals surface area contributed by atoms with E-state index in [0.29, 0.717) is 0 Å². The van der Waals surface area contributed by atoms with Gasteiger partial charge in [-0.2, -0.15) is 0 Å². The standard InChI is InChI=1S/C4H3Cl3/c1-2-3-4(5,6)7/h3H,1H2. The van der Waals surface area contributed by atoms with Crippen LogP contribution in [0, 0.1) is 0 Å². The van der Waals surface area contributed by atoms with Crippen LogP contribution in [0.5, 0.6) is 0 Å². The first-order valence-corrected chi connectivity index (χ1v) is 2.63. The van der Waals surface area contributed by atoms with E-state index in [1.807, 2.05) is 0 Å². The van der Waals surface area contributed by atoms with Crippen LogP contribution in [-0.2, 0) is 0 Å². The first-order chi connectivity index (χ1) is 3.06. The Morgan fingerprint density at radius 1 is 1.43 bits per heavy atom. The van der Waals surface area contributed by atoms with Gasteiger partial charge in [0.25, 0.3) is 0 Å². The summed E-state index contributed by atoms with van der Waals surface area (Å²) in [5, 5.41) is 0. The fraction of sp³-hybridized carbons (Fsp3) is 0.250. The third-order valence-corrected chi connectivity index (χ3v) is 0.593. The van der Waals surface area contributed by atoms with Crippen LogP contribution < -0.4 is 0 Å². The van der Waals surface area contributed by atoms with Gasteiger partial charge in [0, 0.05) is 6.08 Å². The van der Waals surface area contributed by atoms with Crippen molar-refractivity contribution in [3.8, 4) is 0 Å². The smallest absolute Gasteiger partial charge is 0.129 e. The Kier molecular flexibility index (Phi) is 2.78. The average Bonchev–Trinajstić information content (AvgIpc) is 1.30. The van der Waals surface area contributed by atoms with Crippen molar-refractivity contribution >= 4 is 34.8 Å². The summed E-state index contributed by atoms with van der Waals surface area (Å²) in [5.41, 5.74) is 2.34. The van der Waals surface area contributed by atoms with Crippen LogP contribution >= 0.6 is 34.8 Å². The molecule has 0 spiro atoms. The zero-order valence-electron chi connectivity index (χ0n) is 3.42. The second-order valence-corrected chi connectivity index (χ2v) is 3.26. The molecule has 7 heavy (non-hydrogen) atoms. The second-order valence-electron chi connectivity index (χ2n) is 0.890. The largest absolute Gasteiger partial charge is 0.216 e. The number of halogens is 3. The minimum atomic E-state index is -1.33. The number of rotatable bonds is 0. The van der Waals surface area contributed by atoms with E-state index in [-0.39, 0.29) is 0 Å². The van der Waals surface area contributed by atoms with Crippen LogP contribution in [0.4, 0.5) is 0 Å². The molecular formula is C4H3Cl3. The second kappa shape index (κ2) is 2.64. The summed E-state index contributed by atoms with van der Waals surface area (Å²) in [6, 6.07) is 0. The molecule has 0 heterocycles. The molecule has 3 heteroatoms. The molecule has 0 aromatic heterocycles. The SMILES string of the molecule is C=C=CC(Cl)(Cl)Cl. The van der Waals surface area contributed by atoms with Crippen molar-refractivity contribution in [1.29, 1.82) is 0 Å². The number of allylic oxidation sites excluding steroid dienone is 1. The molecule has 0 nitrogen and oxygen atoms in total. The van der Waals surface area contributed by atoms with Crippen LogP contribution in [0.25, 0.3) is 0 Å². The number of hydrogen-bond donors (Lipinski definition) is 0. The van der Waals surface area contributed by atoms with Gasteiger partial charge in [-0.3, -0.25) is 0 Å². The van der Waals surface area contributed by atoms with Crippen LogP contribution in [0.2, 0.25) is 0 Å². The number of hydrogen-bond acceptors (Lipinski definition) is 0. The average molecular weight is 157 g/mol. The molecule has 0 aliphatic carbocycles. The molecule has 0 amide bonds. The molecule has 0 saturated carbocycles. The zero-order valence-corrected chi connectivity index (χ0v) is 5.69. The highest BCUT2D eigenvalue weighted by atomic mass is 35.6. The van der Waals surface area contributed by atoms with Crippen LogP contribution in [-0.4, -0.2) is 3.79 Å². The molecule has 0 bridgehead atoms. The van der Waals surface area contributed by atoms with Crippen LogP contribution in [0.15, 0.2) is 18.4 Å². The van der Waals surface area contributed by atoms with E-state index in [9.17, 15) is 0 Å². The highest BCUT2D eigenvalue weighted by Gasteiger charge is 2.12. The lowest BCUT2D eigenvalue weighted by molar-refractivity contribution is 1.48. The molecule has 0 unspecified atom stereocenters. The van der Waals surface area contributed by atoms with E-state index in [1.165, 1.54) is 6.08 Å². The molecule has 0 aromatic carbocycles. The van der Waals surface area contributed by atoms with Crippen molar-refractivity contribution in [2.75, 3.05) is 0 Å². The molecule has 0 aliphatic rings. The quantitative estimate of drug-likeness (QED) is 0.375.